The molecule has 136 valence electrons. The van der Waals surface area contributed by atoms with Crippen molar-refractivity contribution in [1.82, 2.24) is 15.0 Å². The van der Waals surface area contributed by atoms with Crippen LogP contribution in [-0.2, 0) is 12.7 Å². The molecule has 2 heterocycles. The summed E-state index contributed by atoms with van der Waals surface area (Å²) in [5.74, 6) is -2.56. The van der Waals surface area contributed by atoms with Crippen molar-refractivity contribution in [2.24, 2.45) is 5.41 Å². The maximum absolute atomic E-state index is 14.3. The van der Waals surface area contributed by atoms with Crippen molar-refractivity contribution in [3.05, 3.63) is 35.5 Å². The topological polar surface area (TPSA) is 42.2 Å². The molecule has 3 rings (SSSR count). The van der Waals surface area contributed by atoms with E-state index in [9.17, 15) is 17.6 Å². The minimum absolute atomic E-state index is 0.109. The third-order valence-electron chi connectivity index (χ3n) is 4.33. The van der Waals surface area contributed by atoms with E-state index in [4.69, 9.17) is 0 Å². The summed E-state index contributed by atoms with van der Waals surface area (Å²) in [5.41, 5.74) is 0.885. The molecule has 4 nitrogen and oxygen atoms in total. The molecule has 1 aliphatic heterocycles. The van der Waals surface area contributed by atoms with Gasteiger partial charge in [-0.25, -0.2) is 4.39 Å². The van der Waals surface area contributed by atoms with E-state index in [1.807, 2.05) is 0 Å². The van der Waals surface area contributed by atoms with Crippen LogP contribution in [0.1, 0.15) is 38.1 Å². The van der Waals surface area contributed by atoms with Gasteiger partial charge in [0, 0.05) is 13.1 Å². The van der Waals surface area contributed by atoms with Gasteiger partial charge in [0.2, 0.25) is 5.82 Å². The first-order valence-corrected chi connectivity index (χ1v) is 8.06. The van der Waals surface area contributed by atoms with Crippen LogP contribution in [0.15, 0.2) is 22.7 Å². The number of benzene rings is 1. The maximum atomic E-state index is 14.3. The second-order valence-electron chi connectivity index (χ2n) is 7.21. The zero-order valence-corrected chi connectivity index (χ0v) is 14.0. The van der Waals surface area contributed by atoms with Gasteiger partial charge in [-0.15, -0.1) is 0 Å². The van der Waals surface area contributed by atoms with Gasteiger partial charge < -0.3 is 4.52 Å². The Morgan fingerprint density at radius 2 is 2.04 bits per heavy atom. The summed E-state index contributed by atoms with van der Waals surface area (Å²) >= 11 is 0. The third-order valence-corrected chi connectivity index (χ3v) is 4.33. The summed E-state index contributed by atoms with van der Waals surface area (Å²) in [4.78, 5) is 5.48. The molecule has 0 radical (unpaired) electrons. The van der Waals surface area contributed by atoms with Crippen molar-refractivity contribution in [3.8, 4) is 11.4 Å². The van der Waals surface area contributed by atoms with Gasteiger partial charge in [-0.05, 0) is 42.5 Å². The van der Waals surface area contributed by atoms with Gasteiger partial charge in [0.05, 0.1) is 5.56 Å². The first-order valence-electron chi connectivity index (χ1n) is 8.06. The molecule has 0 spiro atoms. The average molecular weight is 357 g/mol. The SMILES string of the molecule is CC1(C)CCCN(Cc2ccc(-c3noc(C(F)(F)F)n3)c(F)c2)C1. The zero-order valence-electron chi connectivity index (χ0n) is 14.0. The lowest BCUT2D eigenvalue weighted by atomic mass is 9.84. The first kappa shape index (κ1) is 17.8. The van der Waals surface area contributed by atoms with E-state index in [1.54, 1.807) is 6.07 Å². The van der Waals surface area contributed by atoms with Crippen LogP contribution < -0.4 is 0 Å². The van der Waals surface area contributed by atoms with Crippen molar-refractivity contribution < 1.29 is 22.1 Å². The van der Waals surface area contributed by atoms with Crippen molar-refractivity contribution in [1.29, 1.82) is 0 Å². The van der Waals surface area contributed by atoms with E-state index in [2.05, 4.69) is 33.4 Å². The zero-order chi connectivity index (χ0) is 18.2. The van der Waals surface area contributed by atoms with Crippen LogP contribution in [0.4, 0.5) is 17.6 Å². The number of alkyl halides is 3. The first-order chi connectivity index (χ1) is 11.6. The lowest BCUT2D eigenvalue weighted by Gasteiger charge is -2.38. The van der Waals surface area contributed by atoms with Crippen LogP contribution in [0.25, 0.3) is 11.4 Å². The van der Waals surface area contributed by atoms with E-state index < -0.39 is 23.7 Å². The molecule has 1 aromatic heterocycles. The molecule has 1 saturated heterocycles. The van der Waals surface area contributed by atoms with E-state index >= 15 is 0 Å². The van der Waals surface area contributed by atoms with Crippen LogP contribution in [0.5, 0.6) is 0 Å². The molecule has 0 atom stereocenters. The fourth-order valence-corrected chi connectivity index (χ4v) is 3.22. The van der Waals surface area contributed by atoms with Crippen LogP contribution in [-0.4, -0.2) is 28.1 Å². The number of nitrogens with zero attached hydrogens (tertiary/aromatic N) is 3. The van der Waals surface area contributed by atoms with Crippen molar-refractivity contribution >= 4 is 0 Å². The number of rotatable bonds is 3. The molecule has 0 bridgehead atoms. The highest BCUT2D eigenvalue weighted by Crippen LogP contribution is 2.31. The van der Waals surface area contributed by atoms with Crippen molar-refractivity contribution in [3.63, 3.8) is 0 Å². The van der Waals surface area contributed by atoms with Gasteiger partial charge in [0.15, 0.2) is 0 Å². The summed E-state index contributed by atoms with van der Waals surface area (Å²) in [6.07, 6.45) is -2.49. The molecule has 1 aromatic carbocycles. The third kappa shape index (κ3) is 4.18. The second kappa shape index (κ2) is 6.40. The van der Waals surface area contributed by atoms with Gasteiger partial charge in [0.1, 0.15) is 5.82 Å². The Labute approximate surface area is 142 Å². The molecule has 0 unspecified atom stereocenters. The van der Waals surface area contributed by atoms with Gasteiger partial charge in [-0.1, -0.05) is 25.1 Å². The highest BCUT2D eigenvalue weighted by molar-refractivity contribution is 5.55. The van der Waals surface area contributed by atoms with Gasteiger partial charge in [-0.3, -0.25) is 4.90 Å². The van der Waals surface area contributed by atoms with Crippen LogP contribution in [0, 0.1) is 11.2 Å². The Balaban J connectivity index is 1.76. The predicted molar refractivity (Wildman–Crippen MR) is 83.0 cm³/mol. The minimum Gasteiger partial charge on any atom is -0.329 e. The smallest absolute Gasteiger partial charge is 0.329 e. The summed E-state index contributed by atoms with van der Waals surface area (Å²) in [6, 6.07) is 4.40. The van der Waals surface area contributed by atoms with Crippen LogP contribution in [0.2, 0.25) is 0 Å². The lowest BCUT2D eigenvalue weighted by Crippen LogP contribution is -2.39. The molecule has 2 aromatic rings. The highest BCUT2D eigenvalue weighted by Gasteiger charge is 2.38. The highest BCUT2D eigenvalue weighted by atomic mass is 19.4. The molecular weight excluding hydrogens is 338 g/mol. The molecular formula is C17H19F4N3O. The quantitative estimate of drug-likeness (QED) is 0.758. The maximum Gasteiger partial charge on any atom is 0.471 e. The molecule has 8 heteroatoms. The molecule has 25 heavy (non-hydrogen) atoms. The molecule has 0 aliphatic carbocycles. The lowest BCUT2D eigenvalue weighted by molar-refractivity contribution is -0.159. The second-order valence-corrected chi connectivity index (χ2v) is 7.21. The van der Waals surface area contributed by atoms with E-state index in [0.29, 0.717) is 6.54 Å². The monoisotopic (exact) mass is 357 g/mol. The average Bonchev–Trinajstić information content (AvgIpc) is 2.96. The Kier molecular flexibility index (Phi) is 4.57. The number of hydrogen-bond donors (Lipinski definition) is 0. The number of piperidine rings is 1. The normalized spacial score (nSPS) is 18.5. The fourth-order valence-electron chi connectivity index (χ4n) is 3.22. The van der Waals surface area contributed by atoms with E-state index in [-0.39, 0.29) is 11.0 Å². The van der Waals surface area contributed by atoms with E-state index in [0.717, 1.165) is 31.5 Å². The summed E-state index contributed by atoms with van der Waals surface area (Å²) < 4.78 is 56.0. The Hall–Kier alpha value is -1.96. The van der Waals surface area contributed by atoms with Gasteiger partial charge in [0.25, 0.3) is 0 Å². The number of aromatic nitrogens is 2. The Bertz CT molecular complexity index is 755. The molecule has 1 fully saturated rings. The Morgan fingerprint density at radius 1 is 1.28 bits per heavy atom. The molecule has 1 aliphatic rings. The minimum atomic E-state index is -4.75. The van der Waals surface area contributed by atoms with E-state index in [1.165, 1.54) is 12.1 Å². The van der Waals surface area contributed by atoms with Crippen molar-refractivity contribution in [2.75, 3.05) is 13.1 Å². The molecule has 0 N–H and O–H groups in total. The largest absolute Gasteiger partial charge is 0.471 e. The number of halogens is 4. The van der Waals surface area contributed by atoms with Crippen LogP contribution in [0.3, 0.4) is 0 Å². The van der Waals surface area contributed by atoms with Gasteiger partial charge >= 0.3 is 12.1 Å². The predicted octanol–water partition coefficient (Wildman–Crippen LogP) is 4.52. The Morgan fingerprint density at radius 3 is 2.64 bits per heavy atom. The fraction of sp³-hybridized carbons (Fsp3) is 0.529. The number of hydrogen-bond acceptors (Lipinski definition) is 4. The molecule has 0 saturated carbocycles. The van der Waals surface area contributed by atoms with Gasteiger partial charge in [-0.2, -0.15) is 18.2 Å². The summed E-state index contributed by atoms with van der Waals surface area (Å²) in [7, 11) is 0. The van der Waals surface area contributed by atoms with Crippen molar-refractivity contribution in [2.45, 2.75) is 39.4 Å². The molecule has 0 amide bonds. The standard InChI is InChI=1S/C17H19F4N3O/c1-16(2)6-3-7-24(10-16)9-11-4-5-12(13(18)8-11)14-22-15(25-23-14)17(19,20)21/h4-5,8H,3,6-7,9-10H2,1-2H3. The summed E-state index contributed by atoms with van der Waals surface area (Å²) in [5, 5.41) is 3.22. The van der Waals surface area contributed by atoms with Crippen LogP contribution >= 0.6 is 0 Å². The number of likely N-dealkylation sites (tertiary alicyclic amines) is 1. The summed E-state index contributed by atoms with van der Waals surface area (Å²) in [6.45, 7) is 6.89.